The number of aromatic amines is 1. The maximum Gasteiger partial charge on any atom is 0.441 e. The van der Waals surface area contributed by atoms with Gasteiger partial charge in [0.25, 0.3) is 5.91 Å². The number of hydroxylamine groups is 2. The number of nitrogens with zero attached hydrogens (tertiary/aromatic N) is 2. The molecule has 9 atom stereocenters. The number of H-pyrrole nitrogens is 1. The van der Waals surface area contributed by atoms with Crippen LogP contribution in [0.5, 0.6) is 6.01 Å². The number of hydrogen-bond donors (Lipinski definition) is 2. The minimum absolute atomic E-state index is 0.0449. The van der Waals surface area contributed by atoms with Crippen molar-refractivity contribution in [3.05, 3.63) is 22.2 Å². The third-order valence-electron chi connectivity index (χ3n) is 14.0. The second kappa shape index (κ2) is 9.05. The van der Waals surface area contributed by atoms with Crippen LogP contribution in [0.4, 0.5) is 0 Å². The first kappa shape index (κ1) is 29.6. The van der Waals surface area contributed by atoms with Crippen LogP contribution in [0, 0.1) is 50.2 Å². The third kappa shape index (κ3) is 3.83. The summed E-state index contributed by atoms with van der Waals surface area (Å²) in [5.74, 6) is -0.323. The van der Waals surface area contributed by atoms with E-state index in [-0.39, 0.29) is 68.6 Å². The molecule has 0 bridgehead atoms. The normalized spacial score (nSPS) is 45.9. The average molecular weight is 584 g/mol. The van der Waals surface area contributed by atoms with Crippen molar-refractivity contribution < 1.29 is 24.1 Å². The van der Waals surface area contributed by atoms with Crippen LogP contribution in [-0.4, -0.2) is 45.3 Å². The predicted octanol–water partition coefficient (Wildman–Crippen LogP) is 5.94. The SMILES string of the molecule is CN(O)C(=O)[C@@]1(C)CC[C@]2(C)CC[C@]3(C)C(=CC(=O)[C@@H]4[C@@]5(C)CCC(Oc6noc(=O)[nH]6)C(C)(C)[C@@H]5CC[C@]43C)[C@@H]2C1. The molecule has 1 unspecified atom stereocenters. The van der Waals surface area contributed by atoms with Crippen LogP contribution in [0.25, 0.3) is 0 Å². The van der Waals surface area contributed by atoms with Crippen LogP contribution < -0.4 is 10.5 Å². The molecular weight excluding hydrogens is 534 g/mol. The minimum Gasteiger partial charge on any atom is -0.459 e. The number of ether oxygens (including phenoxy) is 1. The van der Waals surface area contributed by atoms with Gasteiger partial charge in [0.2, 0.25) is 0 Å². The standard InChI is InChI=1S/C33H49N3O6/c1-28(2)22-9-12-33(7)24(31(22,5)11-10-23(28)41-26-34-27(39)42-35-26)21(37)17-19-20-18-30(4,25(38)36(8)40)14-13-29(20,3)15-16-32(19,33)6/h17,20,22-24,40H,9-16,18H2,1-8H3,(H,34,35,39)/t20-,22-,23?,24+,29+,30-,31-,32+,33+/m0/s1. The fourth-order valence-corrected chi connectivity index (χ4v) is 11.4. The Morgan fingerprint density at radius 2 is 1.71 bits per heavy atom. The number of hydrogen-bond acceptors (Lipinski definition) is 7. The largest absolute Gasteiger partial charge is 0.459 e. The topological polar surface area (TPSA) is 126 Å². The summed E-state index contributed by atoms with van der Waals surface area (Å²) in [6.07, 6.45) is 9.90. The molecule has 4 saturated carbocycles. The Bertz CT molecular complexity index is 1390. The Labute approximate surface area is 248 Å². The molecule has 0 aromatic carbocycles. The van der Waals surface area contributed by atoms with Crippen LogP contribution in [0.3, 0.4) is 0 Å². The number of carbonyl (C=O) groups excluding carboxylic acids is 2. The zero-order valence-corrected chi connectivity index (χ0v) is 26.6. The Kier molecular flexibility index (Phi) is 6.39. The van der Waals surface area contributed by atoms with Crippen molar-refractivity contribution in [2.45, 2.75) is 112 Å². The molecule has 0 radical (unpaired) electrons. The van der Waals surface area contributed by atoms with Crippen molar-refractivity contribution in [1.82, 2.24) is 15.2 Å². The molecule has 1 amide bonds. The number of amides is 1. The summed E-state index contributed by atoms with van der Waals surface area (Å²) in [4.78, 5) is 41.8. The van der Waals surface area contributed by atoms with Crippen LogP contribution >= 0.6 is 0 Å². The highest BCUT2D eigenvalue weighted by Gasteiger charge is 2.70. The van der Waals surface area contributed by atoms with Crippen LogP contribution in [0.1, 0.15) is 106 Å². The lowest BCUT2D eigenvalue weighted by atomic mass is 9.33. The lowest BCUT2D eigenvalue weighted by molar-refractivity contribution is -0.200. The van der Waals surface area contributed by atoms with Gasteiger partial charge in [-0.25, -0.2) is 14.8 Å². The molecule has 232 valence electrons. The van der Waals surface area contributed by atoms with E-state index in [1.165, 1.54) is 12.6 Å². The van der Waals surface area contributed by atoms with Gasteiger partial charge in [-0.1, -0.05) is 54.0 Å². The summed E-state index contributed by atoms with van der Waals surface area (Å²) in [5, 5.41) is 14.6. The summed E-state index contributed by atoms with van der Waals surface area (Å²) in [6, 6.07) is 0.117. The van der Waals surface area contributed by atoms with Crippen molar-refractivity contribution in [2.24, 2.45) is 50.2 Å². The predicted molar refractivity (Wildman–Crippen MR) is 156 cm³/mol. The Morgan fingerprint density at radius 3 is 2.36 bits per heavy atom. The van der Waals surface area contributed by atoms with E-state index in [4.69, 9.17) is 4.74 Å². The van der Waals surface area contributed by atoms with Gasteiger partial charge in [-0.2, -0.15) is 0 Å². The highest BCUT2D eigenvalue weighted by atomic mass is 16.6. The molecule has 2 N–H and O–H groups in total. The number of rotatable bonds is 3. The molecule has 0 saturated heterocycles. The number of allylic oxidation sites excluding steroid dienone is 2. The fourth-order valence-electron chi connectivity index (χ4n) is 11.4. The number of fused-ring (bicyclic) bond motifs is 7. The first-order chi connectivity index (χ1) is 19.4. The molecule has 6 rings (SSSR count). The molecule has 4 fully saturated rings. The molecule has 5 aliphatic carbocycles. The van der Waals surface area contributed by atoms with Gasteiger partial charge < -0.3 is 4.74 Å². The zero-order valence-electron chi connectivity index (χ0n) is 26.6. The van der Waals surface area contributed by atoms with Crippen LogP contribution in [-0.2, 0) is 9.59 Å². The summed E-state index contributed by atoms with van der Waals surface area (Å²) >= 11 is 0. The number of aromatic nitrogens is 2. The molecule has 1 heterocycles. The van der Waals surface area contributed by atoms with Crippen molar-refractivity contribution in [3.63, 3.8) is 0 Å². The molecule has 5 aliphatic rings. The molecular formula is C33H49N3O6. The Hall–Kier alpha value is -2.42. The summed E-state index contributed by atoms with van der Waals surface area (Å²) in [6.45, 7) is 16.0. The second-order valence-electron chi connectivity index (χ2n) is 16.4. The van der Waals surface area contributed by atoms with Gasteiger partial charge in [-0.3, -0.25) is 19.3 Å². The third-order valence-corrected chi connectivity index (χ3v) is 14.0. The monoisotopic (exact) mass is 583 g/mol. The van der Waals surface area contributed by atoms with Crippen molar-refractivity contribution in [2.75, 3.05) is 7.05 Å². The van der Waals surface area contributed by atoms with E-state index in [0.717, 1.165) is 56.4 Å². The van der Waals surface area contributed by atoms with E-state index in [1.807, 2.05) is 13.0 Å². The van der Waals surface area contributed by atoms with Gasteiger partial charge in [0.05, 0.1) is 0 Å². The zero-order chi connectivity index (χ0) is 30.7. The van der Waals surface area contributed by atoms with E-state index in [0.29, 0.717) is 6.42 Å². The van der Waals surface area contributed by atoms with Gasteiger partial charge in [0.1, 0.15) is 6.10 Å². The molecule has 9 heteroatoms. The van der Waals surface area contributed by atoms with E-state index in [9.17, 15) is 19.6 Å². The van der Waals surface area contributed by atoms with E-state index >= 15 is 0 Å². The first-order valence-electron chi connectivity index (χ1n) is 15.9. The maximum absolute atomic E-state index is 14.6. The summed E-state index contributed by atoms with van der Waals surface area (Å²) in [7, 11) is 1.42. The quantitative estimate of drug-likeness (QED) is 0.333. The average Bonchev–Trinajstić information content (AvgIpc) is 3.32. The molecule has 1 aromatic heterocycles. The van der Waals surface area contributed by atoms with E-state index in [1.54, 1.807) is 0 Å². The Morgan fingerprint density at radius 1 is 1.02 bits per heavy atom. The highest BCUT2D eigenvalue weighted by Crippen LogP contribution is 2.75. The number of ketones is 1. The van der Waals surface area contributed by atoms with Crippen molar-refractivity contribution in [1.29, 1.82) is 0 Å². The number of carbonyl (C=O) groups is 2. The maximum atomic E-state index is 14.6. The van der Waals surface area contributed by atoms with Crippen molar-refractivity contribution >= 4 is 11.7 Å². The van der Waals surface area contributed by atoms with Gasteiger partial charge in [0.15, 0.2) is 5.78 Å². The Balaban J connectivity index is 1.37. The van der Waals surface area contributed by atoms with Crippen LogP contribution in [0.2, 0.25) is 0 Å². The molecule has 0 aliphatic heterocycles. The fraction of sp³-hybridized carbons (Fsp3) is 0.818. The van der Waals surface area contributed by atoms with E-state index < -0.39 is 11.2 Å². The molecule has 9 nitrogen and oxygen atoms in total. The van der Waals surface area contributed by atoms with E-state index in [2.05, 4.69) is 56.2 Å². The molecule has 42 heavy (non-hydrogen) atoms. The van der Waals surface area contributed by atoms with Crippen molar-refractivity contribution in [3.8, 4) is 6.01 Å². The number of nitrogens with one attached hydrogen (secondary N) is 1. The molecule has 0 spiro atoms. The summed E-state index contributed by atoms with van der Waals surface area (Å²) in [5.41, 5.74) is -0.138. The first-order valence-corrected chi connectivity index (χ1v) is 15.9. The lowest BCUT2D eigenvalue weighted by Gasteiger charge is -2.70. The minimum atomic E-state index is -0.645. The van der Waals surface area contributed by atoms with Gasteiger partial charge >= 0.3 is 11.8 Å². The smallest absolute Gasteiger partial charge is 0.441 e. The van der Waals surface area contributed by atoms with Gasteiger partial charge in [-0.15, -0.1) is 0 Å². The second-order valence-corrected chi connectivity index (χ2v) is 16.4. The lowest BCUT2D eigenvalue weighted by Crippen LogP contribution is -2.67. The highest BCUT2D eigenvalue weighted by molar-refractivity contribution is 5.95. The summed E-state index contributed by atoms with van der Waals surface area (Å²) < 4.78 is 10.9. The van der Waals surface area contributed by atoms with Gasteiger partial charge in [0, 0.05) is 23.8 Å². The van der Waals surface area contributed by atoms with Crippen LogP contribution in [0.15, 0.2) is 21.0 Å². The molecule has 1 aromatic rings. The van der Waals surface area contributed by atoms with Gasteiger partial charge in [-0.05, 0) is 103 Å².